The number of aromatic nitrogens is 1. The summed E-state index contributed by atoms with van der Waals surface area (Å²) in [6.07, 6.45) is 0. The smallest absolute Gasteiger partial charge is 0.340 e. The molecule has 166 valence electrons. The number of benzene rings is 2. The van der Waals surface area contributed by atoms with E-state index in [4.69, 9.17) is 4.74 Å². The molecular weight excluding hydrogens is 402 g/mol. The normalized spacial score (nSPS) is 15.5. The molecule has 0 N–H and O–H groups in total. The number of amides is 1. The summed E-state index contributed by atoms with van der Waals surface area (Å²) in [6.45, 7) is 8.47. The van der Waals surface area contributed by atoms with Crippen LogP contribution in [0.4, 0.5) is 0 Å². The first-order chi connectivity index (χ1) is 15.5. The van der Waals surface area contributed by atoms with E-state index in [1.54, 1.807) is 11.8 Å². The van der Waals surface area contributed by atoms with Crippen LogP contribution >= 0.6 is 0 Å². The summed E-state index contributed by atoms with van der Waals surface area (Å²) in [5.41, 5.74) is 4.00. The topological polar surface area (TPSA) is 62.7 Å². The number of pyridine rings is 1. The molecule has 0 saturated carbocycles. The molecule has 1 aliphatic rings. The van der Waals surface area contributed by atoms with Crippen LogP contribution in [0.25, 0.3) is 10.9 Å². The van der Waals surface area contributed by atoms with E-state index in [1.165, 1.54) is 5.56 Å². The molecule has 1 atom stereocenters. The highest BCUT2D eigenvalue weighted by molar-refractivity contribution is 5.99. The zero-order chi connectivity index (χ0) is 22.7. The molecule has 1 fully saturated rings. The Morgan fingerprint density at radius 2 is 1.62 bits per heavy atom. The highest BCUT2D eigenvalue weighted by Gasteiger charge is 2.26. The molecule has 6 heteroatoms. The van der Waals surface area contributed by atoms with E-state index in [-0.39, 0.29) is 12.5 Å². The third-order valence-corrected chi connectivity index (χ3v) is 6.36. The van der Waals surface area contributed by atoms with Gasteiger partial charge in [0.25, 0.3) is 5.91 Å². The number of carbonyl (C=O) groups is 2. The molecule has 0 bridgehead atoms. The standard InChI is InChI=1S/C26H29N3O3/c1-18-22-11-7-8-12-23(22)27-19(2)25(18)26(31)32-17-24(30)29-15-13-28(14-16-29)20(3)21-9-5-4-6-10-21/h4-12,20H,13-17H2,1-3H3. The van der Waals surface area contributed by atoms with Crippen LogP contribution < -0.4 is 0 Å². The van der Waals surface area contributed by atoms with Gasteiger partial charge in [-0.1, -0.05) is 48.5 Å². The maximum atomic E-state index is 12.8. The van der Waals surface area contributed by atoms with E-state index in [9.17, 15) is 9.59 Å². The Morgan fingerprint density at radius 1 is 0.969 bits per heavy atom. The molecule has 6 nitrogen and oxygen atoms in total. The lowest BCUT2D eigenvalue weighted by molar-refractivity contribution is -0.136. The highest BCUT2D eigenvalue weighted by Crippen LogP contribution is 2.24. The second-order valence-corrected chi connectivity index (χ2v) is 8.29. The monoisotopic (exact) mass is 431 g/mol. The Morgan fingerprint density at radius 3 is 2.34 bits per heavy atom. The quantitative estimate of drug-likeness (QED) is 0.573. The first-order valence-corrected chi connectivity index (χ1v) is 11.1. The van der Waals surface area contributed by atoms with Crippen molar-refractivity contribution in [2.24, 2.45) is 0 Å². The fourth-order valence-corrected chi connectivity index (χ4v) is 4.42. The van der Waals surface area contributed by atoms with Crippen molar-refractivity contribution in [1.29, 1.82) is 0 Å². The molecule has 0 radical (unpaired) electrons. The van der Waals surface area contributed by atoms with Crippen molar-refractivity contribution >= 4 is 22.8 Å². The first kappa shape index (κ1) is 22.0. The van der Waals surface area contributed by atoms with Crippen LogP contribution in [-0.2, 0) is 9.53 Å². The van der Waals surface area contributed by atoms with Gasteiger partial charge in [0.2, 0.25) is 0 Å². The van der Waals surface area contributed by atoms with Gasteiger partial charge in [-0.05, 0) is 38.0 Å². The maximum absolute atomic E-state index is 12.8. The predicted molar refractivity (Wildman–Crippen MR) is 125 cm³/mol. The van der Waals surface area contributed by atoms with Gasteiger partial charge in [-0.15, -0.1) is 0 Å². The molecule has 1 aliphatic heterocycles. The van der Waals surface area contributed by atoms with E-state index in [1.807, 2.05) is 37.3 Å². The zero-order valence-electron chi connectivity index (χ0n) is 18.9. The van der Waals surface area contributed by atoms with Crippen molar-refractivity contribution in [2.75, 3.05) is 32.8 Å². The SMILES string of the molecule is Cc1nc2ccccc2c(C)c1C(=O)OCC(=O)N1CCN(C(C)c2ccccc2)CC1. The van der Waals surface area contributed by atoms with Crippen LogP contribution in [0.15, 0.2) is 54.6 Å². The summed E-state index contributed by atoms with van der Waals surface area (Å²) >= 11 is 0. The van der Waals surface area contributed by atoms with Gasteiger partial charge in [-0.3, -0.25) is 14.7 Å². The summed E-state index contributed by atoms with van der Waals surface area (Å²) in [5.74, 6) is -0.655. The van der Waals surface area contributed by atoms with Gasteiger partial charge in [0, 0.05) is 37.6 Å². The van der Waals surface area contributed by atoms with Crippen LogP contribution in [0.1, 0.15) is 40.1 Å². The molecule has 2 heterocycles. The summed E-state index contributed by atoms with van der Waals surface area (Å²) in [6, 6.07) is 18.4. The van der Waals surface area contributed by atoms with E-state index >= 15 is 0 Å². The van der Waals surface area contributed by atoms with E-state index < -0.39 is 5.97 Å². The number of esters is 1. The Balaban J connectivity index is 1.34. The Bertz CT molecular complexity index is 1120. The molecule has 1 amide bonds. The first-order valence-electron chi connectivity index (χ1n) is 11.1. The third kappa shape index (κ3) is 4.50. The average Bonchev–Trinajstić information content (AvgIpc) is 2.82. The van der Waals surface area contributed by atoms with E-state index in [0.717, 1.165) is 29.6 Å². The van der Waals surface area contributed by atoms with Gasteiger partial charge in [0.15, 0.2) is 6.61 Å². The third-order valence-electron chi connectivity index (χ3n) is 6.36. The number of para-hydroxylation sites is 1. The molecule has 4 rings (SSSR count). The van der Waals surface area contributed by atoms with Crippen LogP contribution in [0, 0.1) is 13.8 Å². The highest BCUT2D eigenvalue weighted by atomic mass is 16.5. The molecular formula is C26H29N3O3. The van der Waals surface area contributed by atoms with Crippen molar-refractivity contribution in [3.8, 4) is 0 Å². The van der Waals surface area contributed by atoms with Crippen molar-refractivity contribution in [2.45, 2.75) is 26.8 Å². The van der Waals surface area contributed by atoms with Crippen LogP contribution in [0.5, 0.6) is 0 Å². The van der Waals surface area contributed by atoms with Crippen LogP contribution in [0.3, 0.4) is 0 Å². The van der Waals surface area contributed by atoms with Crippen LogP contribution in [-0.4, -0.2) is 59.4 Å². The number of carbonyl (C=O) groups excluding carboxylic acids is 2. The lowest BCUT2D eigenvalue weighted by atomic mass is 10.0. The molecule has 1 saturated heterocycles. The molecule has 3 aromatic rings. The van der Waals surface area contributed by atoms with Gasteiger partial charge in [0.05, 0.1) is 16.8 Å². The molecule has 32 heavy (non-hydrogen) atoms. The van der Waals surface area contributed by atoms with Gasteiger partial charge < -0.3 is 9.64 Å². The number of ether oxygens (including phenoxy) is 1. The lowest BCUT2D eigenvalue weighted by Gasteiger charge is -2.38. The summed E-state index contributed by atoms with van der Waals surface area (Å²) in [5, 5.41) is 0.917. The van der Waals surface area contributed by atoms with Crippen molar-refractivity contribution in [3.63, 3.8) is 0 Å². The molecule has 0 spiro atoms. The second kappa shape index (κ2) is 9.49. The minimum absolute atomic E-state index is 0.158. The largest absolute Gasteiger partial charge is 0.452 e. The Kier molecular flexibility index (Phi) is 6.51. The number of aryl methyl sites for hydroxylation is 2. The summed E-state index contributed by atoms with van der Waals surface area (Å²) in [4.78, 5) is 34.1. The van der Waals surface area contributed by atoms with Gasteiger partial charge >= 0.3 is 5.97 Å². The van der Waals surface area contributed by atoms with E-state index in [0.29, 0.717) is 30.4 Å². The maximum Gasteiger partial charge on any atom is 0.340 e. The fraction of sp³-hybridized carbons (Fsp3) is 0.346. The van der Waals surface area contributed by atoms with Crippen molar-refractivity contribution in [1.82, 2.24) is 14.8 Å². The minimum Gasteiger partial charge on any atom is -0.452 e. The molecule has 2 aromatic carbocycles. The van der Waals surface area contributed by atoms with E-state index in [2.05, 4.69) is 41.1 Å². The fourth-order valence-electron chi connectivity index (χ4n) is 4.42. The molecule has 1 aromatic heterocycles. The van der Waals surface area contributed by atoms with Crippen molar-refractivity contribution in [3.05, 3.63) is 77.0 Å². The summed E-state index contributed by atoms with van der Waals surface area (Å²) < 4.78 is 5.41. The zero-order valence-corrected chi connectivity index (χ0v) is 18.9. The van der Waals surface area contributed by atoms with Gasteiger partial charge in [0.1, 0.15) is 0 Å². The average molecular weight is 432 g/mol. The van der Waals surface area contributed by atoms with Crippen molar-refractivity contribution < 1.29 is 14.3 Å². The summed E-state index contributed by atoms with van der Waals surface area (Å²) in [7, 11) is 0. The van der Waals surface area contributed by atoms with Gasteiger partial charge in [-0.2, -0.15) is 0 Å². The molecule has 0 aliphatic carbocycles. The number of hydrogen-bond acceptors (Lipinski definition) is 5. The second-order valence-electron chi connectivity index (χ2n) is 8.29. The lowest BCUT2D eigenvalue weighted by Crippen LogP contribution is -2.50. The number of piperazine rings is 1. The minimum atomic E-state index is -0.497. The number of fused-ring (bicyclic) bond motifs is 1. The number of nitrogens with zero attached hydrogens (tertiary/aromatic N) is 3. The Labute approximate surface area is 188 Å². The predicted octanol–water partition coefficient (Wildman–Crippen LogP) is 3.91. The molecule has 1 unspecified atom stereocenters. The Hall–Kier alpha value is -3.25. The number of hydrogen-bond donors (Lipinski definition) is 0. The number of rotatable bonds is 5. The van der Waals surface area contributed by atoms with Gasteiger partial charge in [-0.25, -0.2) is 4.79 Å². The van der Waals surface area contributed by atoms with Crippen LogP contribution in [0.2, 0.25) is 0 Å².